The Hall–Kier alpha value is -6.72. The van der Waals surface area contributed by atoms with E-state index in [1.165, 1.54) is 10.8 Å². The molecule has 2 aromatic heterocycles. The van der Waals surface area contributed by atoms with Crippen LogP contribution < -0.4 is 0 Å². The summed E-state index contributed by atoms with van der Waals surface area (Å²) in [5, 5.41) is 8.92. The topological polar surface area (TPSA) is 64.7 Å². The fourth-order valence-corrected chi connectivity index (χ4v) is 6.80. The van der Waals surface area contributed by atoms with Gasteiger partial charge in [0, 0.05) is 27.6 Å². The molecule has 0 aliphatic heterocycles. The van der Waals surface area contributed by atoms with Gasteiger partial charge in [0.05, 0.1) is 0 Å². The number of aromatic nitrogens is 4. The van der Waals surface area contributed by atoms with E-state index in [0.717, 1.165) is 65.7 Å². The summed E-state index contributed by atoms with van der Waals surface area (Å²) in [6.07, 6.45) is 0. The third-order valence-corrected chi connectivity index (χ3v) is 9.28. The molecule has 0 radical (unpaired) electrons. The average Bonchev–Trinajstić information content (AvgIpc) is 3.62. The maximum absolute atomic E-state index is 6.44. The van der Waals surface area contributed by atoms with E-state index in [1.54, 1.807) is 0 Å². The molecule has 0 spiro atoms. The highest BCUT2D eigenvalue weighted by Crippen LogP contribution is 2.36. The Kier molecular flexibility index (Phi) is 6.11. The van der Waals surface area contributed by atoms with E-state index in [2.05, 4.69) is 121 Å². The second-order valence-corrected chi connectivity index (χ2v) is 12.3. The van der Waals surface area contributed by atoms with Crippen LogP contribution in [0.3, 0.4) is 0 Å². The van der Waals surface area contributed by atoms with Crippen molar-refractivity contribution in [2.24, 2.45) is 0 Å². The Morgan fingerprint density at radius 3 is 1.47 bits per heavy atom. The van der Waals surface area contributed by atoms with Gasteiger partial charge in [-0.25, -0.2) is 19.9 Å². The van der Waals surface area contributed by atoms with Gasteiger partial charge in [-0.15, -0.1) is 0 Å². The Balaban J connectivity index is 1.15. The molecule has 8 aromatic carbocycles. The van der Waals surface area contributed by atoms with Crippen molar-refractivity contribution >= 4 is 54.2 Å². The van der Waals surface area contributed by atoms with Crippen LogP contribution in [0.5, 0.6) is 0 Å². The molecule has 0 saturated heterocycles. The van der Waals surface area contributed by atoms with Crippen molar-refractivity contribution in [3.63, 3.8) is 0 Å². The lowest BCUT2D eigenvalue weighted by Crippen LogP contribution is -2.00. The highest BCUT2D eigenvalue weighted by Gasteiger charge is 2.16. The fraction of sp³-hybridized carbons (Fsp3) is 0. The summed E-state index contributed by atoms with van der Waals surface area (Å²) < 4.78 is 6.44. The summed E-state index contributed by atoms with van der Waals surface area (Å²) in [5.41, 5.74) is 5.37. The molecule has 0 bridgehead atoms. The smallest absolute Gasteiger partial charge is 0.227 e. The summed E-state index contributed by atoms with van der Waals surface area (Å²) in [6, 6.07) is 54.3. The zero-order chi connectivity index (χ0) is 32.3. The van der Waals surface area contributed by atoms with Crippen LogP contribution in [-0.4, -0.2) is 19.9 Å². The summed E-state index contributed by atoms with van der Waals surface area (Å²) in [4.78, 5) is 20.0. The predicted octanol–water partition coefficient (Wildman–Crippen LogP) is 11.3. The lowest BCUT2D eigenvalue weighted by atomic mass is 9.99. The number of benzene rings is 8. The Morgan fingerprint density at radius 2 is 0.837 bits per heavy atom. The molecule has 0 aliphatic carbocycles. The van der Waals surface area contributed by atoms with Crippen molar-refractivity contribution in [3.8, 4) is 45.6 Å². The molecule has 49 heavy (non-hydrogen) atoms. The van der Waals surface area contributed by atoms with E-state index in [4.69, 9.17) is 24.4 Å². The highest BCUT2D eigenvalue weighted by molar-refractivity contribution is 6.18. The lowest BCUT2D eigenvalue weighted by molar-refractivity contribution is 0.623. The van der Waals surface area contributed by atoms with E-state index in [9.17, 15) is 0 Å². The first-order chi connectivity index (χ1) is 24.2. The number of oxazole rings is 1. The van der Waals surface area contributed by atoms with E-state index >= 15 is 0 Å². The molecule has 10 aromatic rings. The van der Waals surface area contributed by atoms with Crippen LogP contribution in [0.25, 0.3) is 99.8 Å². The van der Waals surface area contributed by atoms with Crippen LogP contribution in [0, 0.1) is 0 Å². The number of nitrogens with zero attached hydrogens (tertiary/aromatic N) is 4. The van der Waals surface area contributed by atoms with E-state index in [-0.39, 0.29) is 0 Å². The molecule has 0 amide bonds. The van der Waals surface area contributed by atoms with Gasteiger partial charge in [0.25, 0.3) is 0 Å². The summed E-state index contributed by atoms with van der Waals surface area (Å²) >= 11 is 0. The van der Waals surface area contributed by atoms with Crippen molar-refractivity contribution in [3.05, 3.63) is 158 Å². The number of hydrogen-bond donors (Lipinski definition) is 0. The molecule has 0 saturated carbocycles. The molecule has 0 unspecified atom stereocenters. The van der Waals surface area contributed by atoms with Crippen molar-refractivity contribution in [1.82, 2.24) is 19.9 Å². The fourth-order valence-electron chi connectivity index (χ4n) is 6.80. The monoisotopic (exact) mass is 626 g/mol. The summed E-state index contributed by atoms with van der Waals surface area (Å²) in [6.45, 7) is 0. The van der Waals surface area contributed by atoms with Gasteiger partial charge in [-0.3, -0.25) is 0 Å². The molecule has 0 aliphatic rings. The predicted molar refractivity (Wildman–Crippen MR) is 199 cm³/mol. The van der Waals surface area contributed by atoms with Crippen LogP contribution in [-0.2, 0) is 0 Å². The SMILES string of the molecule is c1ccc(-c2nc3ccc4ccc5cc(-c6nc(-c7ccc8ccccc8c7)nc(-c7ccc8ccccc8c7)n6)ccc5c4c3o2)cc1. The van der Waals surface area contributed by atoms with Gasteiger partial charge in [0.1, 0.15) is 5.52 Å². The molecule has 10 rings (SSSR count). The van der Waals surface area contributed by atoms with Crippen LogP contribution in [0.4, 0.5) is 0 Å². The van der Waals surface area contributed by atoms with Gasteiger partial charge in [-0.05, 0) is 74.1 Å². The lowest BCUT2D eigenvalue weighted by Gasteiger charge is -2.11. The second-order valence-electron chi connectivity index (χ2n) is 12.3. The average molecular weight is 627 g/mol. The Bertz CT molecular complexity index is 2800. The zero-order valence-corrected chi connectivity index (χ0v) is 26.2. The number of fused-ring (bicyclic) bond motifs is 7. The molecule has 0 fully saturated rings. The van der Waals surface area contributed by atoms with Crippen LogP contribution >= 0.6 is 0 Å². The molecule has 0 N–H and O–H groups in total. The first kappa shape index (κ1) is 27.4. The quantitative estimate of drug-likeness (QED) is 0.182. The van der Waals surface area contributed by atoms with Crippen molar-refractivity contribution < 1.29 is 4.42 Å². The summed E-state index contributed by atoms with van der Waals surface area (Å²) in [5.74, 6) is 2.50. The molecule has 2 heterocycles. The summed E-state index contributed by atoms with van der Waals surface area (Å²) in [7, 11) is 0. The van der Waals surface area contributed by atoms with Crippen molar-refractivity contribution in [2.75, 3.05) is 0 Å². The maximum atomic E-state index is 6.44. The van der Waals surface area contributed by atoms with Gasteiger partial charge >= 0.3 is 0 Å². The third-order valence-electron chi connectivity index (χ3n) is 9.28. The van der Waals surface area contributed by atoms with E-state index < -0.39 is 0 Å². The minimum atomic E-state index is 0.615. The van der Waals surface area contributed by atoms with Gasteiger partial charge < -0.3 is 4.42 Å². The Labute approximate surface area is 281 Å². The normalized spacial score (nSPS) is 11.7. The zero-order valence-electron chi connectivity index (χ0n) is 26.2. The molecular weight excluding hydrogens is 601 g/mol. The molecule has 5 heteroatoms. The number of hydrogen-bond acceptors (Lipinski definition) is 5. The van der Waals surface area contributed by atoms with Gasteiger partial charge in [-0.2, -0.15) is 0 Å². The van der Waals surface area contributed by atoms with Crippen LogP contribution in [0.1, 0.15) is 0 Å². The standard InChI is InChI=1S/C44H26N4O/c1-2-10-30(11-3-1)44-45-38-23-21-29-16-17-33-26-36(20-22-37(33)39(29)40(38)49-44)43-47-41(34-18-14-27-8-4-6-12-31(27)24-34)46-42(48-43)35-19-15-28-9-5-7-13-32(28)25-35/h1-26H. The molecule has 228 valence electrons. The van der Waals surface area contributed by atoms with E-state index in [0.29, 0.717) is 23.4 Å². The Morgan fingerprint density at radius 1 is 0.347 bits per heavy atom. The molecule has 5 nitrogen and oxygen atoms in total. The maximum Gasteiger partial charge on any atom is 0.227 e. The van der Waals surface area contributed by atoms with Gasteiger partial charge in [-0.1, -0.05) is 121 Å². The first-order valence-electron chi connectivity index (χ1n) is 16.3. The van der Waals surface area contributed by atoms with Crippen LogP contribution in [0.15, 0.2) is 162 Å². The number of rotatable bonds is 4. The first-order valence-corrected chi connectivity index (χ1v) is 16.3. The molecule has 0 atom stereocenters. The van der Waals surface area contributed by atoms with Crippen molar-refractivity contribution in [2.45, 2.75) is 0 Å². The van der Waals surface area contributed by atoms with Gasteiger partial charge in [0.15, 0.2) is 23.1 Å². The second kappa shape index (κ2) is 10.9. The highest BCUT2D eigenvalue weighted by atomic mass is 16.3. The van der Waals surface area contributed by atoms with Crippen molar-refractivity contribution in [1.29, 1.82) is 0 Å². The minimum Gasteiger partial charge on any atom is -0.435 e. The largest absolute Gasteiger partial charge is 0.435 e. The third kappa shape index (κ3) is 4.71. The molecular formula is C44H26N4O. The van der Waals surface area contributed by atoms with E-state index in [1.807, 2.05) is 36.4 Å². The minimum absolute atomic E-state index is 0.615. The van der Waals surface area contributed by atoms with Gasteiger partial charge in [0.2, 0.25) is 5.89 Å². The van der Waals surface area contributed by atoms with Crippen LogP contribution in [0.2, 0.25) is 0 Å².